The molecular formula is C44H46N2O2. The molecule has 0 radical (unpaired) electrons. The maximum Gasteiger partial charge on any atom is 0.229 e. The van der Waals surface area contributed by atoms with Crippen molar-refractivity contribution in [2.24, 2.45) is 10.9 Å². The Labute approximate surface area is 285 Å². The molecule has 1 heterocycles. The van der Waals surface area contributed by atoms with Crippen molar-refractivity contribution in [3.8, 4) is 39.5 Å². The van der Waals surface area contributed by atoms with Gasteiger partial charge in [-0.05, 0) is 75.3 Å². The molecule has 1 N–H and O–H groups in total. The van der Waals surface area contributed by atoms with Crippen molar-refractivity contribution in [2.75, 3.05) is 0 Å². The number of hydrogen-bond donors (Lipinski definition) is 1. The summed E-state index contributed by atoms with van der Waals surface area (Å²) in [6.45, 7) is 17.4. The van der Waals surface area contributed by atoms with E-state index >= 15 is 0 Å². The van der Waals surface area contributed by atoms with Crippen LogP contribution in [0.5, 0.6) is 5.75 Å². The van der Waals surface area contributed by atoms with Crippen LogP contribution >= 0.6 is 0 Å². The van der Waals surface area contributed by atoms with E-state index in [0.29, 0.717) is 23.1 Å². The van der Waals surface area contributed by atoms with Gasteiger partial charge in [0, 0.05) is 22.9 Å². The molecule has 0 aliphatic carbocycles. The number of para-hydroxylation sites is 2. The van der Waals surface area contributed by atoms with Crippen LogP contribution in [0.4, 0.5) is 5.69 Å². The summed E-state index contributed by atoms with van der Waals surface area (Å²) < 4.78 is 6.36. The normalized spacial score (nSPS) is 12.4. The zero-order valence-corrected chi connectivity index (χ0v) is 29.4. The minimum absolute atomic E-state index is 0.0804. The van der Waals surface area contributed by atoms with Crippen LogP contribution in [-0.2, 0) is 17.3 Å². The van der Waals surface area contributed by atoms with Gasteiger partial charge in [0.1, 0.15) is 11.3 Å². The topological polar surface area (TPSA) is 58.6 Å². The highest BCUT2D eigenvalue weighted by Crippen LogP contribution is 2.39. The minimum atomic E-state index is -0.222. The molecule has 0 fully saturated rings. The molecule has 0 aliphatic rings. The summed E-state index contributed by atoms with van der Waals surface area (Å²) in [4.78, 5) is 9.90. The number of benzene rings is 5. The van der Waals surface area contributed by atoms with Crippen LogP contribution in [0.2, 0.25) is 0 Å². The summed E-state index contributed by atoms with van der Waals surface area (Å²) in [6.07, 6.45) is 2.83. The quantitative estimate of drug-likeness (QED) is 0.178. The predicted molar refractivity (Wildman–Crippen MR) is 202 cm³/mol. The van der Waals surface area contributed by atoms with E-state index < -0.39 is 0 Å². The Kier molecular flexibility index (Phi) is 8.87. The summed E-state index contributed by atoms with van der Waals surface area (Å²) in [6, 6.07) is 35.6. The molecule has 0 bridgehead atoms. The number of aliphatic imine (C=N–C) groups is 1. The monoisotopic (exact) mass is 634 g/mol. The molecule has 0 amide bonds. The molecule has 0 unspecified atom stereocenters. The SMILES string of the molecule is CC(C)Cc1cccc(-c2ccc(-c3cccc4oc(-c5ccccc5N=Cc5cc(C(C)(C)C)cc(C(C)(C)C)c5O)nc34)cc2)c1. The highest BCUT2D eigenvalue weighted by molar-refractivity contribution is 5.94. The zero-order valence-electron chi connectivity index (χ0n) is 29.4. The van der Waals surface area contributed by atoms with Gasteiger partial charge < -0.3 is 9.52 Å². The van der Waals surface area contributed by atoms with Crippen LogP contribution in [0.3, 0.4) is 0 Å². The fraction of sp³-hybridized carbons (Fsp3) is 0.273. The highest BCUT2D eigenvalue weighted by atomic mass is 16.3. The Morgan fingerprint density at radius 2 is 1.42 bits per heavy atom. The van der Waals surface area contributed by atoms with Crippen molar-refractivity contribution < 1.29 is 9.52 Å². The van der Waals surface area contributed by atoms with Crippen molar-refractivity contribution >= 4 is 23.0 Å². The van der Waals surface area contributed by atoms with Crippen LogP contribution in [0.15, 0.2) is 113 Å². The third kappa shape index (κ3) is 6.99. The number of aromatic nitrogens is 1. The molecule has 6 aromatic rings. The number of fused-ring (bicyclic) bond motifs is 1. The number of oxazole rings is 1. The van der Waals surface area contributed by atoms with Crippen molar-refractivity contribution in [2.45, 2.75) is 72.6 Å². The van der Waals surface area contributed by atoms with Gasteiger partial charge in [0.05, 0.1) is 11.3 Å². The molecule has 0 saturated carbocycles. The number of rotatable bonds is 7. The Bertz CT molecular complexity index is 2100. The van der Waals surface area contributed by atoms with E-state index in [2.05, 4.69) is 116 Å². The van der Waals surface area contributed by atoms with Crippen molar-refractivity contribution in [3.05, 3.63) is 125 Å². The van der Waals surface area contributed by atoms with Crippen molar-refractivity contribution in [1.29, 1.82) is 0 Å². The van der Waals surface area contributed by atoms with Gasteiger partial charge in [0.15, 0.2) is 5.58 Å². The van der Waals surface area contributed by atoms with Crippen molar-refractivity contribution in [3.63, 3.8) is 0 Å². The third-order valence-electron chi connectivity index (χ3n) is 8.81. The first-order valence-electron chi connectivity index (χ1n) is 16.9. The summed E-state index contributed by atoms with van der Waals surface area (Å²) in [5.74, 6) is 1.39. The number of nitrogens with zero attached hydrogens (tertiary/aromatic N) is 2. The van der Waals surface area contributed by atoms with E-state index in [0.717, 1.165) is 45.3 Å². The number of phenols is 1. The predicted octanol–water partition coefficient (Wildman–Crippen LogP) is 12.1. The molecule has 4 nitrogen and oxygen atoms in total. The van der Waals surface area contributed by atoms with Gasteiger partial charge in [-0.2, -0.15) is 0 Å². The highest BCUT2D eigenvalue weighted by Gasteiger charge is 2.25. The fourth-order valence-corrected chi connectivity index (χ4v) is 6.15. The molecular weight excluding hydrogens is 588 g/mol. The summed E-state index contributed by atoms with van der Waals surface area (Å²) >= 11 is 0. The lowest BCUT2D eigenvalue weighted by Crippen LogP contribution is -2.17. The number of aromatic hydroxyl groups is 1. The van der Waals surface area contributed by atoms with Gasteiger partial charge >= 0.3 is 0 Å². The van der Waals surface area contributed by atoms with Gasteiger partial charge in [0.2, 0.25) is 5.89 Å². The molecule has 0 atom stereocenters. The second-order valence-corrected chi connectivity index (χ2v) is 15.3. The average molecular weight is 635 g/mol. The Morgan fingerprint density at radius 3 is 2.12 bits per heavy atom. The van der Waals surface area contributed by atoms with Gasteiger partial charge in [0.25, 0.3) is 0 Å². The molecule has 1 aromatic heterocycles. The van der Waals surface area contributed by atoms with Crippen LogP contribution < -0.4 is 0 Å². The van der Waals surface area contributed by atoms with Gasteiger partial charge in [-0.3, -0.25) is 4.99 Å². The molecule has 0 saturated heterocycles. The first-order valence-corrected chi connectivity index (χ1v) is 16.9. The molecule has 6 rings (SSSR count). The largest absolute Gasteiger partial charge is 0.507 e. The maximum absolute atomic E-state index is 11.3. The Morgan fingerprint density at radius 1 is 0.729 bits per heavy atom. The van der Waals surface area contributed by atoms with E-state index in [9.17, 15) is 5.11 Å². The Hall–Kier alpha value is -4.96. The second-order valence-electron chi connectivity index (χ2n) is 15.3. The van der Waals surface area contributed by atoms with E-state index in [4.69, 9.17) is 14.4 Å². The summed E-state index contributed by atoms with van der Waals surface area (Å²) in [5.41, 5.74) is 11.4. The molecule has 5 aromatic carbocycles. The molecule has 0 spiro atoms. The molecule has 48 heavy (non-hydrogen) atoms. The molecule has 4 heteroatoms. The van der Waals surface area contributed by atoms with Crippen LogP contribution in [0, 0.1) is 5.92 Å². The minimum Gasteiger partial charge on any atom is -0.507 e. The van der Waals surface area contributed by atoms with Crippen LogP contribution in [0.1, 0.15) is 77.6 Å². The lowest BCUT2D eigenvalue weighted by atomic mass is 9.79. The third-order valence-corrected chi connectivity index (χ3v) is 8.81. The van der Waals surface area contributed by atoms with E-state index in [1.54, 1.807) is 6.21 Å². The average Bonchev–Trinajstić information content (AvgIpc) is 3.48. The first-order chi connectivity index (χ1) is 22.8. The smallest absolute Gasteiger partial charge is 0.229 e. The zero-order chi connectivity index (χ0) is 34.2. The van der Waals surface area contributed by atoms with E-state index in [-0.39, 0.29) is 16.6 Å². The van der Waals surface area contributed by atoms with Gasteiger partial charge in [-0.1, -0.05) is 134 Å². The first kappa shape index (κ1) is 33.0. The molecule has 0 aliphatic heterocycles. The van der Waals surface area contributed by atoms with Crippen LogP contribution in [-0.4, -0.2) is 16.3 Å². The number of hydrogen-bond acceptors (Lipinski definition) is 4. The van der Waals surface area contributed by atoms with E-state index in [1.807, 2.05) is 42.5 Å². The fourth-order valence-electron chi connectivity index (χ4n) is 6.15. The van der Waals surface area contributed by atoms with E-state index in [1.165, 1.54) is 16.7 Å². The number of phenolic OH excluding ortho intramolecular Hbond substituents is 1. The summed E-state index contributed by atoms with van der Waals surface area (Å²) in [7, 11) is 0. The molecule has 244 valence electrons. The standard InChI is InChI=1S/C44H46N2O2/c1-28(2)23-29-13-11-14-32(24-29)30-19-21-31(22-20-30)35-16-12-18-39-40(35)46-42(48-39)36-15-9-10-17-38(36)45-27-33-25-34(43(3,4)5)26-37(41(33)47)44(6,7)8/h9-22,24-28,47H,23H2,1-8H3. The maximum atomic E-state index is 11.3. The summed E-state index contributed by atoms with van der Waals surface area (Å²) in [5, 5.41) is 11.3. The lowest BCUT2D eigenvalue weighted by molar-refractivity contribution is 0.444. The van der Waals surface area contributed by atoms with Gasteiger partial charge in [-0.15, -0.1) is 0 Å². The lowest BCUT2D eigenvalue weighted by Gasteiger charge is -2.27. The van der Waals surface area contributed by atoms with Crippen LogP contribution in [0.25, 0.3) is 44.8 Å². The second kappa shape index (κ2) is 12.9. The van der Waals surface area contributed by atoms with Crippen molar-refractivity contribution in [1.82, 2.24) is 4.98 Å². The Balaban J connectivity index is 1.34. The van der Waals surface area contributed by atoms with Gasteiger partial charge in [-0.25, -0.2) is 4.98 Å².